The van der Waals surface area contributed by atoms with E-state index in [1.54, 1.807) is 18.6 Å². The molecule has 0 radical (unpaired) electrons. The van der Waals surface area contributed by atoms with Crippen LogP contribution in [0, 0.1) is 0 Å². The Kier molecular flexibility index (Phi) is 5.20. The molecule has 3 heterocycles. The second-order valence-electron chi connectivity index (χ2n) is 5.66. The van der Waals surface area contributed by atoms with Crippen molar-refractivity contribution in [3.05, 3.63) is 42.5 Å². The Morgan fingerprint density at radius 1 is 1.29 bits per heavy atom. The maximum Gasteiger partial charge on any atom is 0.235 e. The van der Waals surface area contributed by atoms with Crippen LogP contribution in [0.1, 0.15) is 18.4 Å². The Bertz CT molecular complexity index is 681. The first-order chi connectivity index (χ1) is 11.7. The molecule has 0 saturated carbocycles. The van der Waals surface area contributed by atoms with Crippen molar-refractivity contribution in [2.24, 2.45) is 0 Å². The highest BCUT2D eigenvalue weighted by Crippen LogP contribution is 2.18. The summed E-state index contributed by atoms with van der Waals surface area (Å²) in [4.78, 5) is 26.6. The van der Waals surface area contributed by atoms with Gasteiger partial charge in [-0.1, -0.05) is 6.07 Å². The second kappa shape index (κ2) is 7.72. The molecule has 1 fully saturated rings. The lowest BCUT2D eigenvalue weighted by Gasteiger charge is -2.32. The zero-order chi connectivity index (χ0) is 16.8. The zero-order valence-electron chi connectivity index (χ0n) is 13.6. The number of pyridine rings is 1. The van der Waals surface area contributed by atoms with Crippen LogP contribution in [0.15, 0.2) is 36.9 Å². The molecule has 0 aromatic carbocycles. The number of nitrogens with zero attached hydrogens (tertiary/aromatic N) is 4. The second-order valence-corrected chi connectivity index (χ2v) is 5.66. The van der Waals surface area contributed by atoms with Crippen LogP contribution in [0.25, 0.3) is 0 Å². The van der Waals surface area contributed by atoms with E-state index >= 15 is 0 Å². The predicted molar refractivity (Wildman–Crippen MR) is 86.8 cm³/mol. The summed E-state index contributed by atoms with van der Waals surface area (Å²) in [5, 5.41) is 0. The number of piperidine rings is 1. The summed E-state index contributed by atoms with van der Waals surface area (Å²) in [5.41, 5.74) is 0.921. The van der Waals surface area contributed by atoms with Crippen LogP contribution in [0.2, 0.25) is 0 Å². The summed E-state index contributed by atoms with van der Waals surface area (Å²) in [6, 6.07) is 3.75. The standard InChI is InChI=1S/C17H20N4O3/c1-23-15-10-19-11-16(20-15)24-14-5-3-7-21(12-14)17(22)8-13-4-2-6-18-9-13/h2,4,6,9-11,14H,3,5,7-8,12H2,1H3. The van der Waals surface area contributed by atoms with Crippen LogP contribution in [-0.2, 0) is 11.2 Å². The highest BCUT2D eigenvalue weighted by Gasteiger charge is 2.25. The van der Waals surface area contributed by atoms with Crippen LogP contribution in [-0.4, -0.2) is 52.1 Å². The fourth-order valence-electron chi connectivity index (χ4n) is 2.71. The normalized spacial score (nSPS) is 17.4. The van der Waals surface area contributed by atoms with E-state index in [0.29, 0.717) is 24.7 Å². The molecule has 7 nitrogen and oxygen atoms in total. The summed E-state index contributed by atoms with van der Waals surface area (Å²) in [6.07, 6.45) is 8.57. The van der Waals surface area contributed by atoms with Gasteiger partial charge in [-0.15, -0.1) is 0 Å². The van der Waals surface area contributed by atoms with Gasteiger partial charge in [-0.25, -0.2) is 0 Å². The van der Waals surface area contributed by atoms with Gasteiger partial charge in [0.2, 0.25) is 17.7 Å². The number of amides is 1. The molecule has 0 spiro atoms. The van der Waals surface area contributed by atoms with Crippen molar-refractivity contribution in [1.29, 1.82) is 0 Å². The molecule has 1 amide bonds. The Morgan fingerprint density at radius 2 is 2.17 bits per heavy atom. The summed E-state index contributed by atoms with van der Waals surface area (Å²) in [5.74, 6) is 0.918. The Labute approximate surface area is 140 Å². The first kappa shape index (κ1) is 16.2. The molecule has 0 N–H and O–H groups in total. The molecule has 1 unspecified atom stereocenters. The highest BCUT2D eigenvalue weighted by atomic mass is 16.5. The SMILES string of the molecule is COc1cncc(OC2CCCN(C(=O)Cc3cccnc3)C2)n1. The Hall–Kier alpha value is -2.70. The lowest BCUT2D eigenvalue weighted by molar-refractivity contribution is -0.133. The molecule has 7 heteroatoms. The fourth-order valence-corrected chi connectivity index (χ4v) is 2.71. The van der Waals surface area contributed by atoms with E-state index in [2.05, 4.69) is 15.0 Å². The number of rotatable bonds is 5. The topological polar surface area (TPSA) is 77.4 Å². The Balaban J connectivity index is 1.58. The first-order valence-electron chi connectivity index (χ1n) is 7.94. The lowest BCUT2D eigenvalue weighted by atomic mass is 10.1. The smallest absolute Gasteiger partial charge is 0.235 e. The van der Waals surface area contributed by atoms with E-state index < -0.39 is 0 Å². The van der Waals surface area contributed by atoms with Gasteiger partial charge >= 0.3 is 0 Å². The molecule has 1 aliphatic heterocycles. The largest absolute Gasteiger partial charge is 0.480 e. The molecule has 3 rings (SSSR count). The van der Waals surface area contributed by atoms with Gasteiger partial charge in [0, 0.05) is 18.9 Å². The van der Waals surface area contributed by atoms with Gasteiger partial charge in [-0.3, -0.25) is 14.8 Å². The van der Waals surface area contributed by atoms with Crippen LogP contribution >= 0.6 is 0 Å². The van der Waals surface area contributed by atoms with Crippen LogP contribution in [0.5, 0.6) is 11.8 Å². The van der Waals surface area contributed by atoms with Crippen molar-refractivity contribution in [2.45, 2.75) is 25.4 Å². The van der Waals surface area contributed by atoms with Gasteiger partial charge in [0.25, 0.3) is 0 Å². The van der Waals surface area contributed by atoms with E-state index in [0.717, 1.165) is 24.9 Å². The number of hydrogen-bond donors (Lipinski definition) is 0. The number of carbonyl (C=O) groups is 1. The monoisotopic (exact) mass is 328 g/mol. The van der Waals surface area contributed by atoms with E-state index in [-0.39, 0.29) is 12.0 Å². The van der Waals surface area contributed by atoms with Crippen molar-refractivity contribution in [2.75, 3.05) is 20.2 Å². The minimum atomic E-state index is -0.0852. The van der Waals surface area contributed by atoms with Crippen LogP contribution in [0.3, 0.4) is 0 Å². The third kappa shape index (κ3) is 4.18. The van der Waals surface area contributed by atoms with Crippen LogP contribution in [0.4, 0.5) is 0 Å². The van der Waals surface area contributed by atoms with Gasteiger partial charge in [0.05, 0.1) is 32.5 Å². The van der Waals surface area contributed by atoms with Gasteiger partial charge < -0.3 is 14.4 Å². The van der Waals surface area contributed by atoms with Crippen molar-refractivity contribution < 1.29 is 14.3 Å². The highest BCUT2D eigenvalue weighted by molar-refractivity contribution is 5.78. The minimum Gasteiger partial charge on any atom is -0.480 e. The molecule has 1 saturated heterocycles. The minimum absolute atomic E-state index is 0.0852. The first-order valence-corrected chi connectivity index (χ1v) is 7.94. The maximum absolute atomic E-state index is 12.5. The summed E-state index contributed by atoms with van der Waals surface area (Å²) < 4.78 is 10.9. The summed E-state index contributed by atoms with van der Waals surface area (Å²) in [7, 11) is 1.53. The third-order valence-electron chi connectivity index (χ3n) is 3.90. The van der Waals surface area contributed by atoms with Crippen molar-refractivity contribution in [3.8, 4) is 11.8 Å². The number of likely N-dealkylation sites (tertiary alicyclic amines) is 1. The van der Waals surface area contributed by atoms with Crippen molar-refractivity contribution in [3.63, 3.8) is 0 Å². The van der Waals surface area contributed by atoms with Gasteiger partial charge in [0.1, 0.15) is 6.10 Å². The lowest BCUT2D eigenvalue weighted by Crippen LogP contribution is -2.45. The summed E-state index contributed by atoms with van der Waals surface area (Å²) in [6.45, 7) is 1.31. The molecule has 0 bridgehead atoms. The number of hydrogen-bond acceptors (Lipinski definition) is 6. The van der Waals surface area contributed by atoms with E-state index in [4.69, 9.17) is 9.47 Å². The number of carbonyl (C=O) groups excluding carboxylic acids is 1. The molecule has 1 aliphatic rings. The number of aromatic nitrogens is 3. The molecular formula is C17H20N4O3. The average Bonchev–Trinajstić information content (AvgIpc) is 2.63. The van der Waals surface area contributed by atoms with Gasteiger partial charge in [-0.2, -0.15) is 4.98 Å². The van der Waals surface area contributed by atoms with Gasteiger partial charge in [-0.05, 0) is 24.5 Å². The molecule has 0 aliphatic carbocycles. The predicted octanol–water partition coefficient (Wildman–Crippen LogP) is 1.49. The molecule has 24 heavy (non-hydrogen) atoms. The third-order valence-corrected chi connectivity index (χ3v) is 3.90. The van der Waals surface area contributed by atoms with Crippen LogP contribution < -0.4 is 9.47 Å². The average molecular weight is 328 g/mol. The molecule has 126 valence electrons. The molecular weight excluding hydrogens is 308 g/mol. The van der Waals surface area contributed by atoms with Crippen molar-refractivity contribution in [1.82, 2.24) is 19.9 Å². The maximum atomic E-state index is 12.5. The Morgan fingerprint density at radius 3 is 2.96 bits per heavy atom. The van der Waals surface area contributed by atoms with E-state index in [1.165, 1.54) is 13.3 Å². The quantitative estimate of drug-likeness (QED) is 0.827. The van der Waals surface area contributed by atoms with Gasteiger partial charge in [0.15, 0.2) is 0 Å². The van der Waals surface area contributed by atoms with Crippen molar-refractivity contribution >= 4 is 5.91 Å². The summed E-state index contributed by atoms with van der Waals surface area (Å²) >= 11 is 0. The number of methoxy groups -OCH3 is 1. The molecule has 1 atom stereocenters. The number of ether oxygens (including phenoxy) is 2. The zero-order valence-corrected chi connectivity index (χ0v) is 13.6. The fraction of sp³-hybridized carbons (Fsp3) is 0.412. The molecule has 2 aromatic heterocycles. The van der Waals surface area contributed by atoms with E-state index in [9.17, 15) is 4.79 Å². The molecule has 2 aromatic rings. The van der Waals surface area contributed by atoms with E-state index in [1.807, 2.05) is 17.0 Å².